The SMILES string of the molecule is CCN(CCC(=O)O)C(=O)Nc1cc(Br)ccc1F. The molecular weight excluding hydrogens is 319 g/mol. The smallest absolute Gasteiger partial charge is 0.321 e. The number of hydrogen-bond acceptors (Lipinski definition) is 2. The molecule has 0 aliphatic heterocycles. The van der Waals surface area contributed by atoms with Gasteiger partial charge in [-0.15, -0.1) is 0 Å². The molecule has 1 rings (SSSR count). The number of halogens is 2. The fourth-order valence-corrected chi connectivity index (χ4v) is 1.78. The molecule has 0 aliphatic rings. The van der Waals surface area contributed by atoms with Gasteiger partial charge in [0, 0.05) is 17.6 Å². The summed E-state index contributed by atoms with van der Waals surface area (Å²) in [7, 11) is 0. The van der Waals surface area contributed by atoms with Crippen LogP contribution in [0.2, 0.25) is 0 Å². The van der Waals surface area contributed by atoms with E-state index in [9.17, 15) is 14.0 Å². The maximum absolute atomic E-state index is 13.5. The first kappa shape index (κ1) is 15.4. The van der Waals surface area contributed by atoms with Crippen molar-refractivity contribution in [3.8, 4) is 0 Å². The second-order valence-electron chi connectivity index (χ2n) is 3.78. The molecule has 1 aromatic rings. The first-order valence-corrected chi connectivity index (χ1v) is 6.46. The molecule has 7 heteroatoms. The van der Waals surface area contributed by atoms with Gasteiger partial charge in [0.15, 0.2) is 0 Å². The van der Waals surface area contributed by atoms with E-state index in [1.807, 2.05) is 0 Å². The summed E-state index contributed by atoms with van der Waals surface area (Å²) >= 11 is 3.18. The van der Waals surface area contributed by atoms with E-state index in [2.05, 4.69) is 21.2 Å². The Morgan fingerprint density at radius 3 is 2.74 bits per heavy atom. The maximum atomic E-state index is 13.5. The van der Waals surface area contributed by atoms with Gasteiger partial charge < -0.3 is 15.3 Å². The lowest BCUT2D eigenvalue weighted by Crippen LogP contribution is -2.36. The number of benzene rings is 1. The second-order valence-corrected chi connectivity index (χ2v) is 4.69. The van der Waals surface area contributed by atoms with E-state index in [0.717, 1.165) is 0 Å². The van der Waals surface area contributed by atoms with Gasteiger partial charge in [0.25, 0.3) is 0 Å². The molecular formula is C12H14BrFN2O3. The normalized spacial score (nSPS) is 10.1. The first-order chi connectivity index (χ1) is 8.93. The number of carbonyl (C=O) groups is 2. The summed E-state index contributed by atoms with van der Waals surface area (Å²) in [4.78, 5) is 23.6. The number of amides is 2. The number of nitrogens with zero attached hydrogens (tertiary/aromatic N) is 1. The van der Waals surface area contributed by atoms with Crippen LogP contribution >= 0.6 is 15.9 Å². The third-order valence-electron chi connectivity index (χ3n) is 2.43. The highest BCUT2D eigenvalue weighted by molar-refractivity contribution is 9.10. The van der Waals surface area contributed by atoms with Gasteiger partial charge in [-0.05, 0) is 25.1 Å². The van der Waals surface area contributed by atoms with Crippen molar-refractivity contribution in [1.82, 2.24) is 4.90 Å². The van der Waals surface area contributed by atoms with Crippen LogP contribution in [0.25, 0.3) is 0 Å². The molecule has 5 nitrogen and oxygen atoms in total. The third kappa shape index (κ3) is 4.86. The predicted molar refractivity (Wildman–Crippen MR) is 72.6 cm³/mol. The molecule has 0 aromatic heterocycles. The van der Waals surface area contributed by atoms with E-state index in [1.54, 1.807) is 6.92 Å². The van der Waals surface area contributed by atoms with Gasteiger partial charge in [-0.1, -0.05) is 15.9 Å². The minimum Gasteiger partial charge on any atom is -0.481 e. The Morgan fingerprint density at radius 1 is 1.47 bits per heavy atom. The van der Waals surface area contributed by atoms with E-state index in [4.69, 9.17) is 5.11 Å². The van der Waals surface area contributed by atoms with Gasteiger partial charge in [0.1, 0.15) is 5.82 Å². The van der Waals surface area contributed by atoms with Gasteiger partial charge in [-0.25, -0.2) is 9.18 Å². The van der Waals surface area contributed by atoms with Crippen molar-refractivity contribution in [1.29, 1.82) is 0 Å². The highest BCUT2D eigenvalue weighted by atomic mass is 79.9. The Bertz CT molecular complexity index is 482. The number of urea groups is 1. The summed E-state index contributed by atoms with van der Waals surface area (Å²) in [6, 6.07) is 3.67. The molecule has 0 heterocycles. The largest absolute Gasteiger partial charge is 0.481 e. The van der Waals surface area contributed by atoms with Crippen LogP contribution in [-0.4, -0.2) is 35.1 Å². The number of nitrogens with one attached hydrogen (secondary N) is 1. The summed E-state index contributed by atoms with van der Waals surface area (Å²) in [6.45, 7) is 2.14. The Morgan fingerprint density at radius 2 is 2.16 bits per heavy atom. The molecule has 0 radical (unpaired) electrons. The van der Waals surface area contributed by atoms with Gasteiger partial charge in [0.05, 0.1) is 12.1 Å². The van der Waals surface area contributed by atoms with E-state index in [1.165, 1.54) is 23.1 Å². The number of aliphatic carboxylic acids is 1. The summed E-state index contributed by atoms with van der Waals surface area (Å²) < 4.78 is 14.1. The van der Waals surface area contributed by atoms with Crippen LogP contribution in [0.3, 0.4) is 0 Å². The molecule has 2 amide bonds. The van der Waals surface area contributed by atoms with E-state index < -0.39 is 17.8 Å². The number of anilines is 1. The van der Waals surface area contributed by atoms with Crippen molar-refractivity contribution < 1.29 is 19.1 Å². The van der Waals surface area contributed by atoms with Gasteiger partial charge in [0.2, 0.25) is 0 Å². The van der Waals surface area contributed by atoms with Gasteiger partial charge >= 0.3 is 12.0 Å². The molecule has 2 N–H and O–H groups in total. The summed E-state index contributed by atoms with van der Waals surface area (Å²) in [5.41, 5.74) is 0.0492. The van der Waals surface area contributed by atoms with Crippen LogP contribution < -0.4 is 5.32 Å². The lowest BCUT2D eigenvalue weighted by Gasteiger charge is -2.20. The molecule has 0 aliphatic carbocycles. The van der Waals surface area contributed by atoms with Crippen LogP contribution in [0.1, 0.15) is 13.3 Å². The Labute approximate surface area is 118 Å². The molecule has 0 saturated heterocycles. The minimum absolute atomic E-state index is 0.0492. The molecule has 1 aromatic carbocycles. The van der Waals surface area contributed by atoms with Gasteiger partial charge in [-0.3, -0.25) is 4.79 Å². The van der Waals surface area contributed by atoms with Crippen molar-refractivity contribution in [2.24, 2.45) is 0 Å². The third-order valence-corrected chi connectivity index (χ3v) is 2.93. The highest BCUT2D eigenvalue weighted by Crippen LogP contribution is 2.20. The number of carboxylic acids is 1. The molecule has 0 unspecified atom stereocenters. The van der Waals surface area contributed by atoms with Crippen LogP contribution in [0.5, 0.6) is 0 Å². The maximum Gasteiger partial charge on any atom is 0.321 e. The summed E-state index contributed by atoms with van der Waals surface area (Å²) in [6.07, 6.45) is -0.151. The average Bonchev–Trinajstić information content (AvgIpc) is 2.34. The zero-order chi connectivity index (χ0) is 14.4. The van der Waals surface area contributed by atoms with Crippen molar-refractivity contribution in [3.05, 3.63) is 28.5 Å². The minimum atomic E-state index is -0.986. The summed E-state index contributed by atoms with van der Waals surface area (Å²) in [5.74, 6) is -1.54. The zero-order valence-corrected chi connectivity index (χ0v) is 11.9. The standard InChI is InChI=1S/C12H14BrFN2O3/c1-2-16(6-5-11(17)18)12(19)15-10-7-8(13)3-4-9(10)14/h3-4,7H,2,5-6H2,1H3,(H,15,19)(H,17,18). The van der Waals surface area contributed by atoms with E-state index >= 15 is 0 Å². The predicted octanol–water partition coefficient (Wildman–Crippen LogP) is 2.92. The van der Waals surface area contributed by atoms with Crippen LogP contribution in [0.4, 0.5) is 14.9 Å². The molecule has 104 valence electrons. The number of rotatable bonds is 5. The Balaban J connectivity index is 2.71. The van der Waals surface area contributed by atoms with Crippen molar-refractivity contribution in [3.63, 3.8) is 0 Å². The Hall–Kier alpha value is -1.63. The molecule has 0 atom stereocenters. The quantitative estimate of drug-likeness (QED) is 0.870. The molecule has 0 saturated carbocycles. The number of hydrogen-bond donors (Lipinski definition) is 2. The second kappa shape index (κ2) is 7.08. The van der Waals surface area contributed by atoms with Gasteiger partial charge in [-0.2, -0.15) is 0 Å². The summed E-state index contributed by atoms with van der Waals surface area (Å²) in [5, 5.41) is 11.0. The first-order valence-electron chi connectivity index (χ1n) is 5.66. The lowest BCUT2D eigenvalue weighted by molar-refractivity contribution is -0.137. The van der Waals surface area contributed by atoms with Crippen LogP contribution in [0.15, 0.2) is 22.7 Å². The topological polar surface area (TPSA) is 69.6 Å². The monoisotopic (exact) mass is 332 g/mol. The molecule has 19 heavy (non-hydrogen) atoms. The molecule has 0 bridgehead atoms. The van der Waals surface area contributed by atoms with E-state index in [-0.39, 0.29) is 18.7 Å². The van der Waals surface area contributed by atoms with Crippen molar-refractivity contribution in [2.45, 2.75) is 13.3 Å². The lowest BCUT2D eigenvalue weighted by atomic mass is 10.3. The van der Waals surface area contributed by atoms with Crippen molar-refractivity contribution in [2.75, 3.05) is 18.4 Å². The number of carboxylic acid groups (broad SMARTS) is 1. The van der Waals surface area contributed by atoms with Crippen molar-refractivity contribution >= 4 is 33.6 Å². The molecule has 0 fully saturated rings. The highest BCUT2D eigenvalue weighted by Gasteiger charge is 2.14. The molecule has 0 spiro atoms. The fourth-order valence-electron chi connectivity index (χ4n) is 1.42. The zero-order valence-electron chi connectivity index (χ0n) is 10.3. The Kier molecular flexibility index (Phi) is 5.75. The average molecular weight is 333 g/mol. The van der Waals surface area contributed by atoms with Crippen LogP contribution in [-0.2, 0) is 4.79 Å². The number of carbonyl (C=O) groups excluding carboxylic acids is 1. The van der Waals surface area contributed by atoms with E-state index in [0.29, 0.717) is 11.0 Å². The fraction of sp³-hybridized carbons (Fsp3) is 0.333. The van der Waals surface area contributed by atoms with Crippen LogP contribution in [0, 0.1) is 5.82 Å².